The number of amides is 1. The number of ether oxygens (including phenoxy) is 1. The molecule has 114 valence electrons. The largest absolute Gasteiger partial charge is 0.489 e. The van der Waals surface area contributed by atoms with Gasteiger partial charge in [0.15, 0.2) is 6.54 Å². The SMILES string of the molecule is CC(C)[NH2+]CC(=O)N/N=C\c1ccc(OC2CSC2)cc1. The maximum Gasteiger partial charge on any atom is 0.295 e. The van der Waals surface area contributed by atoms with Crippen molar-refractivity contribution in [1.29, 1.82) is 0 Å². The summed E-state index contributed by atoms with van der Waals surface area (Å²) in [5, 5.41) is 5.90. The van der Waals surface area contributed by atoms with Gasteiger partial charge in [-0.25, -0.2) is 5.43 Å². The van der Waals surface area contributed by atoms with E-state index >= 15 is 0 Å². The average Bonchev–Trinajstić information content (AvgIpc) is 2.42. The highest BCUT2D eigenvalue weighted by Crippen LogP contribution is 2.23. The molecule has 1 fully saturated rings. The summed E-state index contributed by atoms with van der Waals surface area (Å²) < 4.78 is 5.76. The number of nitrogens with two attached hydrogens (primary N) is 1. The molecular weight excluding hydrogens is 286 g/mol. The van der Waals surface area contributed by atoms with Gasteiger partial charge in [-0.3, -0.25) is 4.79 Å². The first kappa shape index (κ1) is 15.9. The highest BCUT2D eigenvalue weighted by atomic mass is 32.2. The number of hydrogen-bond acceptors (Lipinski definition) is 4. The molecule has 1 amide bonds. The number of carbonyl (C=O) groups is 1. The molecule has 0 radical (unpaired) electrons. The van der Waals surface area contributed by atoms with Crippen LogP contribution in [0.4, 0.5) is 0 Å². The van der Waals surface area contributed by atoms with Gasteiger partial charge in [0.1, 0.15) is 11.9 Å². The van der Waals surface area contributed by atoms with Gasteiger partial charge in [-0.2, -0.15) is 16.9 Å². The van der Waals surface area contributed by atoms with Gasteiger partial charge in [0.2, 0.25) is 0 Å². The minimum Gasteiger partial charge on any atom is -0.489 e. The lowest BCUT2D eigenvalue weighted by Crippen LogP contribution is -2.90. The number of rotatable bonds is 7. The van der Waals surface area contributed by atoms with Crippen molar-refractivity contribution in [2.75, 3.05) is 18.1 Å². The summed E-state index contributed by atoms with van der Waals surface area (Å²) in [5.74, 6) is 2.93. The number of nitrogens with one attached hydrogen (secondary N) is 1. The fourth-order valence-corrected chi connectivity index (χ4v) is 2.24. The van der Waals surface area contributed by atoms with Crippen LogP contribution in [0.5, 0.6) is 5.75 Å². The maximum atomic E-state index is 11.5. The molecule has 6 heteroatoms. The van der Waals surface area contributed by atoms with E-state index in [-0.39, 0.29) is 5.91 Å². The Bertz CT molecular complexity index is 484. The van der Waals surface area contributed by atoms with Gasteiger partial charge in [-0.1, -0.05) is 0 Å². The van der Waals surface area contributed by atoms with E-state index in [2.05, 4.69) is 10.5 Å². The molecule has 0 bridgehead atoms. The monoisotopic (exact) mass is 308 g/mol. The van der Waals surface area contributed by atoms with E-state index in [4.69, 9.17) is 4.74 Å². The molecule has 0 atom stereocenters. The van der Waals surface area contributed by atoms with E-state index in [0.717, 1.165) is 22.8 Å². The Labute approximate surface area is 129 Å². The number of nitrogens with zero attached hydrogens (tertiary/aromatic N) is 1. The van der Waals surface area contributed by atoms with Gasteiger partial charge < -0.3 is 10.1 Å². The van der Waals surface area contributed by atoms with E-state index in [9.17, 15) is 4.79 Å². The zero-order valence-electron chi connectivity index (χ0n) is 12.4. The van der Waals surface area contributed by atoms with Crippen molar-refractivity contribution in [1.82, 2.24) is 5.43 Å². The Kier molecular flexibility index (Phi) is 6.07. The molecule has 1 saturated heterocycles. The van der Waals surface area contributed by atoms with Crippen LogP contribution in [0.2, 0.25) is 0 Å². The van der Waals surface area contributed by atoms with Crippen LogP contribution in [0.25, 0.3) is 0 Å². The van der Waals surface area contributed by atoms with Gasteiger partial charge in [0.05, 0.1) is 12.3 Å². The Hall–Kier alpha value is -1.53. The lowest BCUT2D eigenvalue weighted by atomic mass is 10.2. The van der Waals surface area contributed by atoms with E-state index in [1.165, 1.54) is 0 Å². The number of benzene rings is 1. The predicted molar refractivity (Wildman–Crippen MR) is 85.8 cm³/mol. The van der Waals surface area contributed by atoms with Gasteiger partial charge >= 0.3 is 0 Å². The van der Waals surface area contributed by atoms with Crippen molar-refractivity contribution in [2.45, 2.75) is 26.0 Å². The van der Waals surface area contributed by atoms with E-state index < -0.39 is 0 Å². The van der Waals surface area contributed by atoms with Gasteiger partial charge in [0.25, 0.3) is 5.91 Å². The van der Waals surface area contributed by atoms with Crippen molar-refractivity contribution >= 4 is 23.9 Å². The van der Waals surface area contributed by atoms with Crippen LogP contribution >= 0.6 is 11.8 Å². The van der Waals surface area contributed by atoms with Crippen LogP contribution in [0, 0.1) is 0 Å². The summed E-state index contributed by atoms with van der Waals surface area (Å²) in [4.78, 5) is 11.5. The molecule has 1 aliphatic rings. The van der Waals surface area contributed by atoms with E-state index in [1.807, 2.05) is 55.2 Å². The Morgan fingerprint density at radius 2 is 2.19 bits per heavy atom. The van der Waals surface area contributed by atoms with Crippen molar-refractivity contribution < 1.29 is 14.8 Å². The highest BCUT2D eigenvalue weighted by Gasteiger charge is 2.19. The lowest BCUT2D eigenvalue weighted by molar-refractivity contribution is -0.672. The molecule has 1 heterocycles. The summed E-state index contributed by atoms with van der Waals surface area (Å²) >= 11 is 1.90. The summed E-state index contributed by atoms with van der Waals surface area (Å²) in [6.45, 7) is 4.48. The molecule has 0 saturated carbocycles. The maximum absolute atomic E-state index is 11.5. The first-order chi connectivity index (χ1) is 10.1. The zero-order chi connectivity index (χ0) is 15.1. The molecule has 5 nitrogen and oxygen atoms in total. The summed E-state index contributed by atoms with van der Waals surface area (Å²) in [7, 11) is 0. The molecule has 3 N–H and O–H groups in total. The highest BCUT2D eigenvalue weighted by molar-refractivity contribution is 8.00. The molecule has 2 rings (SSSR count). The second-order valence-corrected chi connectivity index (χ2v) is 6.40. The molecule has 21 heavy (non-hydrogen) atoms. The number of carbonyl (C=O) groups excluding carboxylic acids is 1. The van der Waals surface area contributed by atoms with Crippen LogP contribution < -0.4 is 15.5 Å². The normalized spacial score (nSPS) is 15.2. The number of hydrogen-bond donors (Lipinski definition) is 2. The minimum atomic E-state index is -0.0950. The minimum absolute atomic E-state index is 0.0950. The van der Waals surface area contributed by atoms with Crippen LogP contribution in [0.1, 0.15) is 19.4 Å². The second kappa shape index (κ2) is 8.05. The third-order valence-corrected chi connectivity index (χ3v) is 4.18. The van der Waals surface area contributed by atoms with Crippen molar-refractivity contribution in [2.24, 2.45) is 5.10 Å². The van der Waals surface area contributed by atoms with Gasteiger partial charge in [-0.05, 0) is 43.7 Å². The Morgan fingerprint density at radius 3 is 2.76 bits per heavy atom. The standard InChI is InChI=1S/C15H21N3O2S/c1-11(2)16-8-15(19)18-17-7-12-3-5-13(6-4-12)20-14-9-21-10-14/h3-7,11,14,16H,8-10H2,1-2H3,(H,18,19)/p+1/b17-7-. The average molecular weight is 308 g/mol. The van der Waals surface area contributed by atoms with Crippen LogP contribution in [-0.2, 0) is 4.79 Å². The van der Waals surface area contributed by atoms with E-state index in [0.29, 0.717) is 18.7 Å². The van der Waals surface area contributed by atoms with Crippen molar-refractivity contribution in [3.63, 3.8) is 0 Å². The van der Waals surface area contributed by atoms with Gasteiger partial charge in [0, 0.05) is 11.5 Å². The zero-order valence-corrected chi connectivity index (χ0v) is 13.2. The molecule has 0 unspecified atom stereocenters. The van der Waals surface area contributed by atoms with Crippen LogP contribution in [0.3, 0.4) is 0 Å². The first-order valence-corrected chi connectivity index (χ1v) is 8.28. The molecule has 1 aliphatic heterocycles. The Morgan fingerprint density at radius 1 is 1.48 bits per heavy atom. The summed E-state index contributed by atoms with van der Waals surface area (Å²) in [6, 6.07) is 8.12. The fraction of sp³-hybridized carbons (Fsp3) is 0.467. The molecule has 0 spiro atoms. The second-order valence-electron chi connectivity index (χ2n) is 5.32. The third-order valence-electron chi connectivity index (χ3n) is 2.97. The number of hydrazone groups is 1. The lowest BCUT2D eigenvalue weighted by Gasteiger charge is -2.25. The topological polar surface area (TPSA) is 67.3 Å². The van der Waals surface area contributed by atoms with Crippen LogP contribution in [-0.4, -0.2) is 42.3 Å². The number of quaternary nitrogens is 1. The van der Waals surface area contributed by atoms with Crippen molar-refractivity contribution in [3.8, 4) is 5.75 Å². The van der Waals surface area contributed by atoms with Crippen LogP contribution in [0.15, 0.2) is 29.4 Å². The molecule has 1 aromatic carbocycles. The third kappa shape index (κ3) is 5.77. The fourth-order valence-electron chi connectivity index (χ4n) is 1.67. The number of thioether (sulfide) groups is 1. The quantitative estimate of drug-likeness (QED) is 0.573. The molecular formula is C15H22N3O2S+. The molecule has 1 aromatic rings. The molecule has 0 aliphatic carbocycles. The first-order valence-electron chi connectivity index (χ1n) is 7.13. The predicted octanol–water partition coefficient (Wildman–Crippen LogP) is 0.603. The molecule has 0 aromatic heterocycles. The summed E-state index contributed by atoms with van der Waals surface area (Å²) in [5.41, 5.74) is 3.45. The van der Waals surface area contributed by atoms with E-state index in [1.54, 1.807) is 6.21 Å². The smallest absolute Gasteiger partial charge is 0.295 e. The van der Waals surface area contributed by atoms with Crippen molar-refractivity contribution in [3.05, 3.63) is 29.8 Å². The van der Waals surface area contributed by atoms with Gasteiger partial charge in [-0.15, -0.1) is 0 Å². The summed E-state index contributed by atoms with van der Waals surface area (Å²) in [6.07, 6.45) is 1.99. The Balaban J connectivity index is 1.74.